The summed E-state index contributed by atoms with van der Waals surface area (Å²) in [6, 6.07) is 0. The van der Waals surface area contributed by atoms with Gasteiger partial charge < -0.3 is 0 Å². The molecule has 0 fully saturated rings. The molecule has 0 aromatic rings. The molecule has 0 spiro atoms. The van der Waals surface area contributed by atoms with Crippen LogP contribution in [0.1, 0.15) is 79.1 Å². The van der Waals surface area contributed by atoms with Gasteiger partial charge in [-0.3, -0.25) is 0 Å². The minimum atomic E-state index is -2.26. The summed E-state index contributed by atoms with van der Waals surface area (Å²) in [5, 5.41) is 0. The summed E-state index contributed by atoms with van der Waals surface area (Å²) in [5.41, 5.74) is 0. The van der Waals surface area contributed by atoms with E-state index in [-0.39, 0.29) is 0 Å². The van der Waals surface area contributed by atoms with Gasteiger partial charge in [0, 0.05) is 0 Å². The molecule has 0 rings (SSSR count). The van der Waals surface area contributed by atoms with E-state index in [0.717, 1.165) is 0 Å². The second-order valence-corrected chi connectivity index (χ2v) is 34.2. The molecule has 0 N–H and O–H groups in total. The second kappa shape index (κ2) is 12.9. The fraction of sp³-hybridized carbons (Fsp3) is 1.00. The minimum absolute atomic E-state index is 1.35. The number of hydrogen-bond donors (Lipinski definition) is 0. The van der Waals surface area contributed by atoms with Crippen molar-refractivity contribution < 1.29 is 1.41 Å². The first-order chi connectivity index (χ1) is 9.95. The van der Waals surface area contributed by atoms with Crippen LogP contribution in [0.5, 0.6) is 0 Å². The van der Waals surface area contributed by atoms with E-state index in [1.54, 1.807) is 0 Å². The molecule has 0 aliphatic carbocycles. The predicted molar refractivity (Wildman–Crippen MR) is 103 cm³/mol. The zero-order chi connectivity index (χ0) is 16.2. The molecule has 3 heteroatoms. The Morgan fingerprint density at radius 3 is 0.952 bits per heavy atom. The van der Waals surface area contributed by atoms with Crippen LogP contribution in [0.25, 0.3) is 0 Å². The van der Waals surface area contributed by atoms with Crippen molar-refractivity contribution >= 4 is 37.6 Å². The van der Waals surface area contributed by atoms with Crippen LogP contribution in [-0.4, -0.2) is 37.6 Å². The summed E-state index contributed by atoms with van der Waals surface area (Å²) in [6.07, 6.45) is 11.0. The molecule has 0 aromatic carbocycles. The molecule has 0 radical (unpaired) electrons. The average molecular weight is 512 g/mol. The zero-order valence-corrected chi connectivity index (χ0v) is 21.6. The van der Waals surface area contributed by atoms with Crippen molar-refractivity contribution in [2.45, 2.75) is 107 Å². The van der Waals surface area contributed by atoms with E-state index in [9.17, 15) is 0 Å². The molecule has 0 amide bonds. The Morgan fingerprint density at radius 2 is 0.762 bits per heavy atom. The van der Waals surface area contributed by atoms with E-state index in [4.69, 9.17) is 1.41 Å². The van der Waals surface area contributed by atoms with Crippen molar-refractivity contribution in [1.29, 1.82) is 0 Å². The van der Waals surface area contributed by atoms with Crippen LogP contribution in [0.3, 0.4) is 0 Å². The SMILES string of the molecule is CCC[CH2][Sn]([CH3])([CH2]CCC)[O][Sn]([CH3])([CH2]CCC)[CH2]CCC. The van der Waals surface area contributed by atoms with Crippen molar-refractivity contribution in [3.63, 3.8) is 0 Å². The third-order valence-electron chi connectivity index (χ3n) is 4.73. The zero-order valence-electron chi connectivity index (χ0n) is 15.9. The molecule has 0 unspecified atom stereocenters. The fourth-order valence-electron chi connectivity index (χ4n) is 3.25. The Balaban J connectivity index is 4.80. The standard InChI is InChI=1S/4C4H9.2CH3.O.2Sn/c4*1-3-4-2;;;;;/h4*1,3-4H2,2H3;2*1H3;;;. The van der Waals surface area contributed by atoms with Gasteiger partial charge in [-0.05, 0) is 0 Å². The molecular weight excluding hydrogens is 470 g/mol. The monoisotopic (exact) mass is 514 g/mol. The van der Waals surface area contributed by atoms with Gasteiger partial charge in [0.2, 0.25) is 0 Å². The summed E-state index contributed by atoms with van der Waals surface area (Å²) in [7, 11) is 0. The van der Waals surface area contributed by atoms with Crippen molar-refractivity contribution in [2.24, 2.45) is 0 Å². The Labute approximate surface area is 144 Å². The van der Waals surface area contributed by atoms with Gasteiger partial charge in [0.25, 0.3) is 0 Å². The van der Waals surface area contributed by atoms with Crippen LogP contribution >= 0.6 is 0 Å². The molecule has 0 saturated heterocycles. The quantitative estimate of drug-likeness (QED) is 0.221. The Morgan fingerprint density at radius 1 is 0.524 bits per heavy atom. The number of rotatable bonds is 14. The molecule has 0 heterocycles. The van der Waals surface area contributed by atoms with Crippen molar-refractivity contribution in [1.82, 2.24) is 0 Å². The van der Waals surface area contributed by atoms with Gasteiger partial charge in [-0.2, -0.15) is 0 Å². The second-order valence-electron chi connectivity index (χ2n) is 7.42. The van der Waals surface area contributed by atoms with E-state index in [0.29, 0.717) is 0 Å². The van der Waals surface area contributed by atoms with Crippen molar-refractivity contribution in [3.8, 4) is 0 Å². The summed E-state index contributed by atoms with van der Waals surface area (Å²) in [6.45, 7) is 9.34. The van der Waals surface area contributed by atoms with E-state index in [1.165, 1.54) is 69.1 Å². The summed E-state index contributed by atoms with van der Waals surface area (Å²) in [5.74, 6) is 0. The molecular formula is C18H42OSn2. The van der Waals surface area contributed by atoms with Gasteiger partial charge in [0.1, 0.15) is 0 Å². The van der Waals surface area contributed by atoms with E-state index >= 15 is 0 Å². The Kier molecular flexibility index (Phi) is 13.9. The third-order valence-corrected chi connectivity index (χ3v) is 42.5. The maximum atomic E-state index is 7.25. The van der Waals surface area contributed by atoms with Crippen LogP contribution in [0.15, 0.2) is 0 Å². The van der Waals surface area contributed by atoms with E-state index in [2.05, 4.69) is 37.6 Å². The van der Waals surface area contributed by atoms with Gasteiger partial charge in [-0.25, -0.2) is 0 Å². The summed E-state index contributed by atoms with van der Waals surface area (Å²) in [4.78, 5) is 5.26. The maximum absolute atomic E-state index is 7.25. The topological polar surface area (TPSA) is 9.23 Å². The average Bonchev–Trinajstić information content (AvgIpc) is 2.47. The van der Waals surface area contributed by atoms with E-state index in [1.807, 2.05) is 0 Å². The van der Waals surface area contributed by atoms with Crippen LogP contribution in [0.2, 0.25) is 27.6 Å². The molecule has 0 atom stereocenters. The van der Waals surface area contributed by atoms with Gasteiger partial charge >= 0.3 is 146 Å². The molecule has 128 valence electrons. The first-order valence-electron chi connectivity index (χ1n) is 9.65. The number of unbranched alkanes of at least 4 members (excludes halogenated alkanes) is 4. The molecule has 0 aromatic heterocycles. The molecule has 21 heavy (non-hydrogen) atoms. The van der Waals surface area contributed by atoms with Crippen molar-refractivity contribution in [3.05, 3.63) is 0 Å². The normalized spacial score (nSPS) is 12.9. The third kappa shape index (κ3) is 10.9. The Bertz CT molecular complexity index is 203. The number of hydrogen-bond acceptors (Lipinski definition) is 1. The molecule has 1 nitrogen and oxygen atoms in total. The van der Waals surface area contributed by atoms with Gasteiger partial charge in [-0.1, -0.05) is 0 Å². The fourth-order valence-corrected chi connectivity index (χ4v) is 52.4. The molecule has 0 aliphatic rings. The van der Waals surface area contributed by atoms with Crippen LogP contribution in [0, 0.1) is 0 Å². The predicted octanol–water partition coefficient (Wildman–Crippen LogP) is 7.35. The van der Waals surface area contributed by atoms with Crippen LogP contribution < -0.4 is 0 Å². The molecule has 0 aliphatic heterocycles. The van der Waals surface area contributed by atoms with Gasteiger partial charge in [0.05, 0.1) is 0 Å². The first kappa shape index (κ1) is 22.6. The van der Waals surface area contributed by atoms with Crippen LogP contribution in [0.4, 0.5) is 0 Å². The first-order valence-corrected chi connectivity index (χ1v) is 25.8. The van der Waals surface area contributed by atoms with Crippen molar-refractivity contribution in [2.75, 3.05) is 0 Å². The Hall–Kier alpha value is 1.56. The van der Waals surface area contributed by atoms with E-state index < -0.39 is 37.6 Å². The molecule has 0 saturated carbocycles. The summed E-state index contributed by atoms with van der Waals surface area (Å²) >= 11 is -4.52. The molecule has 0 bridgehead atoms. The van der Waals surface area contributed by atoms with Crippen LogP contribution in [-0.2, 0) is 1.41 Å². The van der Waals surface area contributed by atoms with Gasteiger partial charge in [-0.15, -0.1) is 0 Å². The van der Waals surface area contributed by atoms with Gasteiger partial charge in [0.15, 0.2) is 0 Å². The summed E-state index contributed by atoms with van der Waals surface area (Å²) < 4.78 is 13.2.